The van der Waals surface area contributed by atoms with E-state index >= 15 is 0 Å². The lowest BCUT2D eigenvalue weighted by Gasteiger charge is -2.42. The standard InChI is InChI=1S/C25H29N7O2/c33-22-19-13-18-15-27-24(30-21(18)32(19)25(16-28-22)9-3-1-4-10-25)29-20-8-7-17(14-26-20)23(34)31-11-5-2-6-12-31/h7-8,13-15H,1-6,9-12,16H2,(H,28,33)(H,26,27,29,30). The Morgan fingerprint density at radius 2 is 1.79 bits per heavy atom. The molecule has 9 heteroatoms. The Balaban J connectivity index is 1.28. The van der Waals surface area contributed by atoms with E-state index in [1.54, 1.807) is 24.5 Å². The van der Waals surface area contributed by atoms with Crippen molar-refractivity contribution in [2.75, 3.05) is 25.0 Å². The number of likely N-dealkylation sites (tertiary alicyclic amines) is 1. The van der Waals surface area contributed by atoms with Crippen molar-refractivity contribution >= 4 is 34.6 Å². The van der Waals surface area contributed by atoms with Gasteiger partial charge in [0.25, 0.3) is 11.8 Å². The molecule has 0 unspecified atom stereocenters. The first-order valence-corrected chi connectivity index (χ1v) is 12.3. The zero-order valence-corrected chi connectivity index (χ0v) is 19.2. The van der Waals surface area contributed by atoms with E-state index < -0.39 is 0 Å². The Kier molecular flexibility index (Phi) is 5.19. The fraction of sp³-hybridized carbons (Fsp3) is 0.480. The van der Waals surface area contributed by atoms with Crippen molar-refractivity contribution in [2.45, 2.75) is 56.9 Å². The molecule has 3 aliphatic rings. The van der Waals surface area contributed by atoms with E-state index in [2.05, 4.69) is 25.2 Å². The number of hydrogen-bond donors (Lipinski definition) is 2. The number of nitrogens with zero attached hydrogens (tertiary/aromatic N) is 5. The third kappa shape index (κ3) is 3.59. The third-order valence-corrected chi connectivity index (χ3v) is 7.50. The average molecular weight is 460 g/mol. The van der Waals surface area contributed by atoms with E-state index in [1.165, 1.54) is 12.8 Å². The number of nitrogens with one attached hydrogen (secondary N) is 2. The highest BCUT2D eigenvalue weighted by Gasteiger charge is 2.41. The molecule has 5 heterocycles. The number of rotatable bonds is 3. The highest BCUT2D eigenvalue weighted by atomic mass is 16.2. The lowest BCUT2D eigenvalue weighted by Crippen LogP contribution is -2.52. The van der Waals surface area contributed by atoms with E-state index in [-0.39, 0.29) is 17.4 Å². The largest absolute Gasteiger partial charge is 0.348 e. The van der Waals surface area contributed by atoms with Crippen LogP contribution in [0.25, 0.3) is 11.0 Å². The molecule has 2 aliphatic heterocycles. The van der Waals surface area contributed by atoms with Crippen molar-refractivity contribution in [1.29, 1.82) is 0 Å². The van der Waals surface area contributed by atoms with Crippen LogP contribution in [0.4, 0.5) is 11.8 Å². The molecular formula is C25H29N7O2. The van der Waals surface area contributed by atoms with Gasteiger partial charge in [-0.2, -0.15) is 4.98 Å². The molecular weight excluding hydrogens is 430 g/mol. The normalized spacial score (nSPS) is 19.6. The summed E-state index contributed by atoms with van der Waals surface area (Å²) < 4.78 is 2.15. The summed E-state index contributed by atoms with van der Waals surface area (Å²) in [5, 5.41) is 7.12. The molecule has 0 radical (unpaired) electrons. The van der Waals surface area contributed by atoms with E-state index in [0.717, 1.165) is 62.6 Å². The van der Waals surface area contributed by atoms with Crippen LogP contribution in [-0.2, 0) is 5.54 Å². The first kappa shape index (κ1) is 21.1. The zero-order valence-electron chi connectivity index (χ0n) is 19.2. The van der Waals surface area contributed by atoms with Crippen molar-refractivity contribution in [1.82, 2.24) is 29.7 Å². The van der Waals surface area contributed by atoms with Crippen LogP contribution in [0.2, 0.25) is 0 Å². The summed E-state index contributed by atoms with van der Waals surface area (Å²) in [5.74, 6) is 0.977. The molecule has 1 saturated heterocycles. The SMILES string of the molecule is O=C1NCC2(CCCCC2)n2c1cc1cnc(Nc3ccc(C(=O)N4CCCCC4)cn3)nc12. The monoisotopic (exact) mass is 459 g/mol. The topological polar surface area (TPSA) is 105 Å². The van der Waals surface area contributed by atoms with Crippen molar-refractivity contribution in [3.63, 3.8) is 0 Å². The van der Waals surface area contributed by atoms with Gasteiger partial charge in [0.05, 0.1) is 11.1 Å². The van der Waals surface area contributed by atoms with E-state index in [9.17, 15) is 9.59 Å². The first-order valence-electron chi connectivity index (χ1n) is 12.3. The number of piperidine rings is 1. The van der Waals surface area contributed by atoms with Crippen molar-refractivity contribution in [3.8, 4) is 0 Å². The van der Waals surface area contributed by atoms with E-state index in [0.29, 0.717) is 29.6 Å². The summed E-state index contributed by atoms with van der Waals surface area (Å²) in [6.45, 7) is 2.27. The van der Waals surface area contributed by atoms with Crippen LogP contribution in [0.3, 0.4) is 0 Å². The number of hydrogen-bond acceptors (Lipinski definition) is 6. The van der Waals surface area contributed by atoms with Crippen LogP contribution in [0.5, 0.6) is 0 Å². The molecule has 0 atom stereocenters. The Morgan fingerprint density at radius 3 is 2.56 bits per heavy atom. The Bertz CT molecular complexity index is 1240. The van der Waals surface area contributed by atoms with Gasteiger partial charge in [0, 0.05) is 37.4 Å². The van der Waals surface area contributed by atoms with Crippen LogP contribution < -0.4 is 10.6 Å². The maximum atomic E-state index is 12.7. The summed E-state index contributed by atoms with van der Waals surface area (Å²) >= 11 is 0. The number of amides is 2. The highest BCUT2D eigenvalue weighted by Crippen LogP contribution is 2.40. The summed E-state index contributed by atoms with van der Waals surface area (Å²) in [4.78, 5) is 40.9. The molecule has 0 bridgehead atoms. The number of carbonyl (C=O) groups excluding carboxylic acids is 2. The summed E-state index contributed by atoms with van der Waals surface area (Å²) in [6.07, 6.45) is 12.3. The quantitative estimate of drug-likeness (QED) is 0.620. The second-order valence-electron chi connectivity index (χ2n) is 9.72. The average Bonchev–Trinajstić information content (AvgIpc) is 3.28. The Hall–Kier alpha value is -3.49. The van der Waals surface area contributed by atoms with Gasteiger partial charge in [-0.1, -0.05) is 19.3 Å². The summed E-state index contributed by atoms with van der Waals surface area (Å²) in [7, 11) is 0. The molecule has 176 valence electrons. The molecule has 1 spiro atoms. The third-order valence-electron chi connectivity index (χ3n) is 7.50. The van der Waals surface area contributed by atoms with Gasteiger partial charge in [-0.25, -0.2) is 9.97 Å². The van der Waals surface area contributed by atoms with Crippen molar-refractivity contribution in [2.24, 2.45) is 0 Å². The molecule has 9 nitrogen and oxygen atoms in total. The van der Waals surface area contributed by atoms with Crippen LogP contribution >= 0.6 is 0 Å². The minimum atomic E-state index is -0.121. The van der Waals surface area contributed by atoms with Crippen LogP contribution in [0.1, 0.15) is 72.2 Å². The summed E-state index contributed by atoms with van der Waals surface area (Å²) in [5.41, 5.74) is 1.91. The number of pyridine rings is 1. The van der Waals surface area contributed by atoms with Gasteiger partial charge in [0.15, 0.2) is 0 Å². The van der Waals surface area contributed by atoms with Crippen LogP contribution in [-0.4, -0.2) is 55.9 Å². The molecule has 3 aromatic rings. The van der Waals surface area contributed by atoms with Crippen molar-refractivity contribution < 1.29 is 9.59 Å². The molecule has 2 fully saturated rings. The Labute approximate surface area is 198 Å². The minimum Gasteiger partial charge on any atom is -0.348 e. The summed E-state index contributed by atoms with van der Waals surface area (Å²) in [6, 6.07) is 5.48. The predicted octanol–water partition coefficient (Wildman–Crippen LogP) is 3.60. The van der Waals surface area contributed by atoms with E-state index in [4.69, 9.17) is 4.98 Å². The maximum absolute atomic E-state index is 12.7. The smallest absolute Gasteiger partial charge is 0.268 e. The Morgan fingerprint density at radius 1 is 1.00 bits per heavy atom. The van der Waals surface area contributed by atoms with Crippen LogP contribution in [0.15, 0.2) is 30.6 Å². The van der Waals surface area contributed by atoms with Gasteiger partial charge < -0.3 is 20.1 Å². The number of fused-ring (bicyclic) bond motifs is 4. The number of carbonyl (C=O) groups is 2. The minimum absolute atomic E-state index is 0.0345. The highest BCUT2D eigenvalue weighted by molar-refractivity contribution is 5.99. The molecule has 2 amide bonds. The molecule has 0 aromatic carbocycles. The van der Waals surface area contributed by atoms with Crippen molar-refractivity contribution in [3.05, 3.63) is 41.9 Å². The van der Waals surface area contributed by atoms with Crippen LogP contribution in [0, 0.1) is 0 Å². The molecule has 2 N–H and O–H groups in total. The first-order chi connectivity index (χ1) is 16.6. The lowest BCUT2D eigenvalue weighted by molar-refractivity contribution is 0.0723. The fourth-order valence-electron chi connectivity index (χ4n) is 5.71. The van der Waals surface area contributed by atoms with Gasteiger partial charge in [0.2, 0.25) is 5.95 Å². The van der Waals surface area contributed by atoms with Gasteiger partial charge in [-0.05, 0) is 50.3 Å². The molecule has 6 rings (SSSR count). The number of anilines is 2. The van der Waals surface area contributed by atoms with Gasteiger partial charge in [-0.3, -0.25) is 9.59 Å². The van der Waals surface area contributed by atoms with Gasteiger partial charge >= 0.3 is 0 Å². The molecule has 1 saturated carbocycles. The molecule has 3 aromatic heterocycles. The lowest BCUT2D eigenvalue weighted by atomic mass is 9.80. The van der Waals surface area contributed by atoms with E-state index in [1.807, 2.05) is 11.0 Å². The molecule has 34 heavy (non-hydrogen) atoms. The van der Waals surface area contributed by atoms with Gasteiger partial charge in [0.1, 0.15) is 17.2 Å². The van der Waals surface area contributed by atoms with Gasteiger partial charge in [-0.15, -0.1) is 0 Å². The fourth-order valence-corrected chi connectivity index (χ4v) is 5.71. The predicted molar refractivity (Wildman–Crippen MR) is 128 cm³/mol. The second kappa shape index (κ2) is 8.38. The second-order valence-corrected chi connectivity index (χ2v) is 9.72. The maximum Gasteiger partial charge on any atom is 0.268 e. The zero-order chi connectivity index (χ0) is 23.1. The molecule has 1 aliphatic carbocycles. The number of aromatic nitrogens is 4.